The average Bonchev–Trinajstić information content (AvgIpc) is 3.81. The van der Waals surface area contributed by atoms with E-state index in [1.54, 1.807) is 11.1 Å². The summed E-state index contributed by atoms with van der Waals surface area (Å²) in [7, 11) is 0. The Morgan fingerprint density at radius 2 is 1.12 bits per heavy atom. The van der Waals surface area contributed by atoms with Gasteiger partial charge in [0, 0.05) is 61.3 Å². The van der Waals surface area contributed by atoms with Crippen molar-refractivity contribution in [2.75, 3.05) is 62.3 Å². The third-order valence-corrected chi connectivity index (χ3v) is 15.9. The number of rotatable bonds is 6. The van der Waals surface area contributed by atoms with E-state index in [1.165, 1.54) is 33.6 Å². The second kappa shape index (κ2) is 10.0. The number of hydrogen-bond acceptors (Lipinski definition) is 4. The molecule has 2 aromatic carbocycles. The first kappa shape index (κ1) is 30.0. The topological polar surface area (TPSA) is 46.9 Å². The van der Waals surface area contributed by atoms with Gasteiger partial charge in [0.2, 0.25) is 0 Å². The SMILES string of the molecule is C=CC[N@@+]12CC[C@]34c5ccccc5N5/C=C6\C7N(/C=C(/C53)[C@@H](C[C@@H]41)/C(=C/CO)C2)c1ccccc1[C@@]71CC[N@@+]2(CC=C)C/C(=C\CO)[C@@H]6C[C@@H]12. The molecule has 9 aliphatic rings. The quantitative estimate of drug-likeness (QED) is 0.317. The molecule has 0 radical (unpaired) electrons. The van der Waals surface area contributed by atoms with Gasteiger partial charge in [-0.25, -0.2) is 0 Å². The summed E-state index contributed by atoms with van der Waals surface area (Å²) in [5, 5.41) is 20.9. The highest BCUT2D eigenvalue weighted by atomic mass is 16.3. The zero-order valence-electron chi connectivity index (χ0n) is 29.1. The molecule has 2 saturated carbocycles. The normalized spacial score (nSPS) is 45.5. The predicted octanol–water partition coefficient (Wildman–Crippen LogP) is 5.48. The molecule has 6 heteroatoms. The van der Waals surface area contributed by atoms with Crippen molar-refractivity contribution in [3.05, 3.63) is 132 Å². The van der Waals surface area contributed by atoms with Crippen LogP contribution in [-0.4, -0.2) is 95.8 Å². The van der Waals surface area contributed by atoms with Gasteiger partial charge in [0.05, 0.1) is 62.3 Å². The number of benzene rings is 2. The van der Waals surface area contributed by atoms with Crippen molar-refractivity contribution in [2.24, 2.45) is 11.8 Å². The van der Waals surface area contributed by atoms with Crippen LogP contribution in [0.4, 0.5) is 11.4 Å². The van der Waals surface area contributed by atoms with Crippen LogP contribution in [0.1, 0.15) is 36.8 Å². The summed E-state index contributed by atoms with van der Waals surface area (Å²) in [5.74, 6) is 0.615. The lowest BCUT2D eigenvalue weighted by atomic mass is 9.56. The number of fused-ring (bicyclic) bond motifs is 8. The van der Waals surface area contributed by atoms with E-state index >= 15 is 0 Å². The average molecular weight is 667 g/mol. The van der Waals surface area contributed by atoms with Gasteiger partial charge in [0.1, 0.15) is 25.2 Å². The molecule has 7 aliphatic heterocycles. The van der Waals surface area contributed by atoms with Gasteiger partial charge in [-0.1, -0.05) is 61.7 Å². The maximum Gasteiger partial charge on any atom is 0.103 e. The van der Waals surface area contributed by atoms with Crippen molar-refractivity contribution in [2.45, 2.75) is 60.7 Å². The van der Waals surface area contributed by atoms with E-state index in [4.69, 9.17) is 0 Å². The number of anilines is 2. The van der Waals surface area contributed by atoms with Gasteiger partial charge in [-0.2, -0.15) is 0 Å². The first-order valence-electron chi connectivity index (χ1n) is 19.2. The van der Waals surface area contributed by atoms with Gasteiger partial charge in [-0.15, -0.1) is 0 Å². The fourth-order valence-electron chi connectivity index (χ4n) is 14.6. The molecule has 7 heterocycles. The van der Waals surface area contributed by atoms with Gasteiger partial charge >= 0.3 is 0 Å². The zero-order chi connectivity index (χ0) is 33.6. The van der Waals surface area contributed by atoms with Crippen LogP contribution in [0.25, 0.3) is 0 Å². The van der Waals surface area contributed by atoms with Gasteiger partial charge in [0.25, 0.3) is 0 Å². The minimum atomic E-state index is 0.0183. The van der Waals surface area contributed by atoms with E-state index in [0.717, 1.165) is 73.9 Å². The Balaban J connectivity index is 1.22. The molecule has 2 spiro atoms. The molecule has 4 saturated heterocycles. The summed E-state index contributed by atoms with van der Waals surface area (Å²) in [5.41, 5.74) is 11.8. The molecular formula is C44H50N4O2+2. The van der Waals surface area contributed by atoms with Crippen molar-refractivity contribution in [3.63, 3.8) is 0 Å². The lowest BCUT2D eigenvalue weighted by molar-refractivity contribution is -0.937. The van der Waals surface area contributed by atoms with Crippen LogP contribution < -0.4 is 9.80 Å². The van der Waals surface area contributed by atoms with Gasteiger partial charge in [0.15, 0.2) is 0 Å². The molecule has 2 aromatic rings. The Kier molecular flexibility index (Phi) is 6.00. The van der Waals surface area contributed by atoms with Crippen molar-refractivity contribution >= 4 is 11.4 Å². The molecule has 6 nitrogen and oxygen atoms in total. The third-order valence-electron chi connectivity index (χ3n) is 15.9. The number of quaternary nitrogens is 2. The highest BCUT2D eigenvalue weighted by Gasteiger charge is 2.75. The van der Waals surface area contributed by atoms with Gasteiger partial charge in [-0.3, -0.25) is 0 Å². The van der Waals surface area contributed by atoms with Gasteiger partial charge < -0.3 is 29.0 Å². The Bertz CT molecular complexity index is 1850. The number of para-hydroxylation sites is 2. The van der Waals surface area contributed by atoms with E-state index in [1.807, 2.05) is 0 Å². The number of nitrogens with zero attached hydrogens (tertiary/aromatic N) is 4. The second-order valence-corrected chi connectivity index (χ2v) is 17.2. The minimum absolute atomic E-state index is 0.0183. The first-order valence-corrected chi connectivity index (χ1v) is 19.2. The van der Waals surface area contributed by atoms with Crippen LogP contribution in [0.5, 0.6) is 0 Å². The summed E-state index contributed by atoms with van der Waals surface area (Å²) in [6, 6.07) is 20.3. The van der Waals surface area contributed by atoms with E-state index in [0.29, 0.717) is 23.9 Å². The lowest BCUT2D eigenvalue weighted by Gasteiger charge is -2.59. The Morgan fingerprint density at radius 1 is 0.680 bits per heavy atom. The standard InChI is InChI=1S/C44H50N4O2/c1-3-17-47-19-15-43-35-9-5-7-11-37(35)45-26-34-32-24-40-44(16-20-48(40,18-4-2)28-30(32)14-22-50)36-10-6-8-12-38(36)46(42(34)44)25-33(41(43)45)31(23-39(43)47)29(27-47)13-21-49/h3-14,25-26,31-32,39-42,49-50H,1-2,15-24,27-28H2/q+2/b29-13+,30-14+,33-25-,34-26+/t31-,32-,39-,40-,41?,42?,43+,44+,47-,48-/m0/s1. The van der Waals surface area contributed by atoms with Crippen LogP contribution in [0, 0.1) is 11.8 Å². The van der Waals surface area contributed by atoms with Crippen molar-refractivity contribution < 1.29 is 19.2 Å². The highest BCUT2D eigenvalue weighted by molar-refractivity contribution is 5.77. The minimum Gasteiger partial charge on any atom is -0.392 e. The molecule has 2 N–H and O–H groups in total. The highest BCUT2D eigenvalue weighted by Crippen LogP contribution is 2.69. The smallest absolute Gasteiger partial charge is 0.103 e. The summed E-state index contributed by atoms with van der Waals surface area (Å²) in [6.45, 7) is 15.0. The van der Waals surface area contributed by atoms with Crippen LogP contribution >= 0.6 is 0 Å². The molecule has 0 aromatic heterocycles. The molecule has 0 amide bonds. The summed E-state index contributed by atoms with van der Waals surface area (Å²) < 4.78 is 2.12. The van der Waals surface area contributed by atoms with E-state index in [-0.39, 0.29) is 36.1 Å². The molecule has 256 valence electrons. The molecule has 4 bridgehead atoms. The zero-order valence-corrected chi connectivity index (χ0v) is 29.1. The predicted molar refractivity (Wildman–Crippen MR) is 198 cm³/mol. The fraction of sp³-hybridized carbons (Fsp3) is 0.455. The van der Waals surface area contributed by atoms with Gasteiger partial charge in [-0.05, 0) is 57.7 Å². The molecule has 2 aliphatic carbocycles. The number of piperidine rings is 2. The Labute approximate surface area is 296 Å². The van der Waals surface area contributed by atoms with Crippen LogP contribution in [-0.2, 0) is 10.8 Å². The molecule has 50 heavy (non-hydrogen) atoms. The maximum absolute atomic E-state index is 10.5. The second-order valence-electron chi connectivity index (χ2n) is 17.2. The van der Waals surface area contributed by atoms with E-state index < -0.39 is 0 Å². The summed E-state index contributed by atoms with van der Waals surface area (Å²) in [4.78, 5) is 5.54. The first-order chi connectivity index (χ1) is 24.5. The summed E-state index contributed by atoms with van der Waals surface area (Å²) >= 11 is 0. The number of hydrogen-bond donors (Lipinski definition) is 2. The monoisotopic (exact) mass is 666 g/mol. The Morgan fingerprint density at radius 3 is 1.54 bits per heavy atom. The maximum atomic E-state index is 10.5. The van der Waals surface area contributed by atoms with E-state index in [2.05, 4.69) is 108 Å². The van der Waals surface area contributed by atoms with Crippen LogP contribution in [0.3, 0.4) is 0 Å². The lowest BCUT2D eigenvalue weighted by Crippen LogP contribution is -2.69. The fourth-order valence-corrected chi connectivity index (χ4v) is 14.6. The van der Waals surface area contributed by atoms with Crippen molar-refractivity contribution in [3.8, 4) is 0 Å². The number of aliphatic hydroxyl groups is 2. The molecular weight excluding hydrogens is 617 g/mol. The van der Waals surface area contributed by atoms with E-state index in [9.17, 15) is 10.2 Å². The third kappa shape index (κ3) is 3.24. The Hall–Kier alpha value is -3.68. The molecule has 11 rings (SSSR count). The number of aliphatic hydroxyl groups excluding tert-OH is 2. The van der Waals surface area contributed by atoms with Crippen molar-refractivity contribution in [1.29, 1.82) is 0 Å². The van der Waals surface area contributed by atoms with Crippen LogP contribution in [0.15, 0.2) is 121 Å². The molecule has 10 atom stereocenters. The largest absolute Gasteiger partial charge is 0.392 e. The van der Waals surface area contributed by atoms with Crippen molar-refractivity contribution in [1.82, 2.24) is 0 Å². The molecule has 2 unspecified atom stereocenters. The molecule has 6 fully saturated rings. The van der Waals surface area contributed by atoms with Crippen LogP contribution in [0.2, 0.25) is 0 Å². The summed E-state index contributed by atoms with van der Waals surface area (Å²) in [6.07, 6.45) is 18.6.